The zero-order valence-electron chi connectivity index (χ0n) is 16.9. The van der Waals surface area contributed by atoms with Gasteiger partial charge in [0.1, 0.15) is 0 Å². The van der Waals surface area contributed by atoms with Crippen LogP contribution < -0.4 is 10.7 Å². The Kier molecular flexibility index (Phi) is 6.41. The molecular formula is C21H22N4O5. The van der Waals surface area contributed by atoms with Gasteiger partial charge >= 0.3 is 6.09 Å². The average Bonchev–Trinajstić information content (AvgIpc) is 3.14. The molecule has 0 aliphatic carbocycles. The number of nitrogens with one attached hydrogen (secondary N) is 2. The molecule has 0 spiro atoms. The van der Waals surface area contributed by atoms with Crippen LogP contribution in [-0.4, -0.2) is 41.5 Å². The Morgan fingerprint density at radius 2 is 2.10 bits per heavy atom. The summed E-state index contributed by atoms with van der Waals surface area (Å²) in [5.41, 5.74) is 1.63. The second kappa shape index (κ2) is 9.17. The van der Waals surface area contributed by atoms with Gasteiger partial charge in [-0.05, 0) is 18.6 Å². The van der Waals surface area contributed by atoms with Crippen LogP contribution in [-0.2, 0) is 14.3 Å². The fourth-order valence-electron chi connectivity index (χ4n) is 2.99. The van der Waals surface area contributed by atoms with Gasteiger partial charge in [-0.1, -0.05) is 13.3 Å². The van der Waals surface area contributed by atoms with Crippen molar-refractivity contribution < 1.29 is 23.9 Å². The third-order valence-electron chi connectivity index (χ3n) is 4.33. The van der Waals surface area contributed by atoms with Crippen LogP contribution >= 0.6 is 0 Å². The molecule has 0 aliphatic rings. The minimum absolute atomic E-state index is 0.273. The van der Waals surface area contributed by atoms with Crippen molar-refractivity contribution in [1.29, 1.82) is 0 Å². The zero-order valence-corrected chi connectivity index (χ0v) is 16.9. The molecule has 9 nitrogen and oxygen atoms in total. The van der Waals surface area contributed by atoms with Crippen LogP contribution in [0.5, 0.6) is 0 Å². The molecule has 9 heteroatoms. The summed E-state index contributed by atoms with van der Waals surface area (Å²) in [6.07, 6.45) is 5.06. The monoisotopic (exact) mass is 410 g/mol. The molecule has 2 heterocycles. The van der Waals surface area contributed by atoms with E-state index >= 15 is 0 Å². The van der Waals surface area contributed by atoms with E-state index in [0.717, 1.165) is 12.8 Å². The highest BCUT2D eigenvalue weighted by molar-refractivity contribution is 6.16. The van der Waals surface area contributed by atoms with E-state index in [-0.39, 0.29) is 23.7 Å². The number of benzene rings is 1. The number of carbonyl (C=O) groups is 3. The van der Waals surface area contributed by atoms with Gasteiger partial charge in [-0.15, -0.1) is 0 Å². The van der Waals surface area contributed by atoms with Crippen LogP contribution in [0.4, 0.5) is 10.5 Å². The van der Waals surface area contributed by atoms with Crippen molar-refractivity contribution in [2.45, 2.75) is 26.7 Å². The summed E-state index contributed by atoms with van der Waals surface area (Å²) in [6, 6.07) is 3.17. The maximum absolute atomic E-state index is 12.4. The minimum atomic E-state index is -0.725. The summed E-state index contributed by atoms with van der Waals surface area (Å²) < 4.78 is 9.90. The van der Waals surface area contributed by atoms with Crippen molar-refractivity contribution >= 4 is 45.3 Å². The lowest BCUT2D eigenvalue weighted by atomic mass is 10.1. The number of hydrogen-bond acceptors (Lipinski definition) is 6. The standard InChI is InChI=1S/C21H22N4O5/c1-4-5-7-30-21(28)25-15-10-16(23-12(2)26)20-18-13(11-22-19(15)18)9-14(24-20)17(27)6-8-29-3/h6,8-11,24H,4-5,7H2,1-3H3,(H,23,26)/b8-6-,25-15-. The molecule has 0 fully saturated rings. The van der Waals surface area contributed by atoms with E-state index in [4.69, 9.17) is 9.47 Å². The van der Waals surface area contributed by atoms with Crippen LogP contribution in [0.3, 0.4) is 0 Å². The van der Waals surface area contributed by atoms with Crippen LogP contribution in [0.15, 0.2) is 35.7 Å². The number of ketones is 1. The molecule has 2 N–H and O–H groups in total. The van der Waals surface area contributed by atoms with Gasteiger partial charge in [-0.2, -0.15) is 4.99 Å². The zero-order chi connectivity index (χ0) is 21.7. The number of amides is 2. The average molecular weight is 410 g/mol. The number of methoxy groups -OCH3 is 1. The number of anilines is 1. The van der Waals surface area contributed by atoms with E-state index in [2.05, 4.69) is 20.3 Å². The Labute approximate surface area is 172 Å². The topological polar surface area (TPSA) is 123 Å². The minimum Gasteiger partial charge on any atom is -0.504 e. The largest absolute Gasteiger partial charge is 0.504 e. The molecule has 3 aromatic rings. The Balaban J connectivity index is 2.18. The molecule has 0 bridgehead atoms. The maximum atomic E-state index is 12.4. The molecule has 1 aromatic carbocycles. The molecule has 0 atom stereocenters. The molecule has 0 aliphatic heterocycles. The summed E-state index contributed by atoms with van der Waals surface area (Å²) in [4.78, 5) is 47.6. The van der Waals surface area contributed by atoms with Crippen LogP contribution in [0.2, 0.25) is 0 Å². The molecule has 3 rings (SSSR count). The van der Waals surface area contributed by atoms with Crippen molar-refractivity contribution in [1.82, 2.24) is 9.97 Å². The van der Waals surface area contributed by atoms with E-state index in [1.165, 1.54) is 32.4 Å². The Morgan fingerprint density at radius 1 is 1.30 bits per heavy atom. The number of pyridine rings is 1. The first-order chi connectivity index (χ1) is 14.4. The fraction of sp³-hybridized carbons (Fsp3) is 0.286. The summed E-state index contributed by atoms with van der Waals surface area (Å²) >= 11 is 0. The van der Waals surface area contributed by atoms with Crippen molar-refractivity contribution in [2.24, 2.45) is 4.99 Å². The smallest absolute Gasteiger partial charge is 0.434 e. The van der Waals surface area contributed by atoms with E-state index in [1.807, 2.05) is 6.92 Å². The maximum Gasteiger partial charge on any atom is 0.434 e. The first-order valence-electron chi connectivity index (χ1n) is 9.45. The van der Waals surface area contributed by atoms with Crippen molar-refractivity contribution in [3.63, 3.8) is 0 Å². The first kappa shape index (κ1) is 21.0. The fourth-order valence-corrected chi connectivity index (χ4v) is 2.99. The summed E-state index contributed by atoms with van der Waals surface area (Å²) in [5, 5.41) is 4.30. The predicted molar refractivity (Wildman–Crippen MR) is 111 cm³/mol. The van der Waals surface area contributed by atoms with Gasteiger partial charge in [0.15, 0.2) is 0 Å². The Hall–Kier alpha value is -3.75. The molecule has 0 saturated heterocycles. The number of H-pyrrole nitrogens is 1. The number of ether oxygens (including phenoxy) is 2. The number of aromatic amines is 1. The lowest BCUT2D eigenvalue weighted by Crippen LogP contribution is -2.14. The molecule has 30 heavy (non-hydrogen) atoms. The lowest BCUT2D eigenvalue weighted by Gasteiger charge is -2.10. The number of allylic oxidation sites excluding steroid dienone is 1. The third kappa shape index (κ3) is 4.45. The summed E-state index contributed by atoms with van der Waals surface area (Å²) in [5.74, 6) is -0.620. The summed E-state index contributed by atoms with van der Waals surface area (Å²) in [7, 11) is 1.44. The normalized spacial score (nSPS) is 12.0. The molecule has 2 aromatic heterocycles. The van der Waals surface area contributed by atoms with Crippen molar-refractivity contribution in [3.8, 4) is 0 Å². The van der Waals surface area contributed by atoms with Crippen LogP contribution in [0, 0.1) is 0 Å². The van der Waals surface area contributed by atoms with Gasteiger partial charge in [0.25, 0.3) is 0 Å². The molecular weight excluding hydrogens is 388 g/mol. The highest BCUT2D eigenvalue weighted by atomic mass is 16.5. The second-order valence-corrected chi connectivity index (χ2v) is 6.60. The molecule has 156 valence electrons. The highest BCUT2D eigenvalue weighted by Gasteiger charge is 2.17. The highest BCUT2D eigenvalue weighted by Crippen LogP contribution is 2.29. The van der Waals surface area contributed by atoms with Crippen LogP contribution in [0.25, 0.3) is 21.8 Å². The van der Waals surface area contributed by atoms with Gasteiger partial charge < -0.3 is 19.8 Å². The van der Waals surface area contributed by atoms with E-state index in [1.54, 1.807) is 12.3 Å². The van der Waals surface area contributed by atoms with E-state index in [0.29, 0.717) is 33.2 Å². The second-order valence-electron chi connectivity index (χ2n) is 6.60. The van der Waals surface area contributed by atoms with Gasteiger partial charge in [0, 0.05) is 30.0 Å². The van der Waals surface area contributed by atoms with Gasteiger partial charge in [0.2, 0.25) is 11.7 Å². The van der Waals surface area contributed by atoms with Gasteiger partial charge in [0.05, 0.1) is 47.8 Å². The number of hydrogen-bond donors (Lipinski definition) is 2. The van der Waals surface area contributed by atoms with Gasteiger partial charge in [-0.25, -0.2) is 4.79 Å². The van der Waals surface area contributed by atoms with Crippen LogP contribution in [0.1, 0.15) is 37.2 Å². The SMILES string of the molecule is CCCCOC(=O)/N=c1/cc(NC(C)=O)c2[nH]c(C(=O)/C=C\OC)cc3cnc1c32. The molecule has 2 amide bonds. The molecule has 0 unspecified atom stereocenters. The lowest BCUT2D eigenvalue weighted by molar-refractivity contribution is -0.114. The number of unbranched alkanes of at least 4 members (excludes halogenated alkanes) is 1. The number of rotatable bonds is 7. The Bertz CT molecular complexity index is 1200. The van der Waals surface area contributed by atoms with E-state index in [9.17, 15) is 14.4 Å². The first-order valence-corrected chi connectivity index (χ1v) is 9.45. The van der Waals surface area contributed by atoms with Crippen molar-refractivity contribution in [3.05, 3.63) is 41.7 Å². The number of aromatic nitrogens is 2. The third-order valence-corrected chi connectivity index (χ3v) is 4.33. The number of carbonyl (C=O) groups excluding carboxylic acids is 3. The van der Waals surface area contributed by atoms with Gasteiger partial charge in [-0.3, -0.25) is 14.6 Å². The van der Waals surface area contributed by atoms with Crippen molar-refractivity contribution in [2.75, 3.05) is 19.0 Å². The number of nitrogens with zero attached hydrogens (tertiary/aromatic N) is 2. The summed E-state index contributed by atoms with van der Waals surface area (Å²) in [6.45, 7) is 3.64. The quantitative estimate of drug-likeness (QED) is 0.267. The predicted octanol–water partition coefficient (Wildman–Crippen LogP) is 3.29. The van der Waals surface area contributed by atoms with E-state index < -0.39 is 6.09 Å². The Morgan fingerprint density at radius 3 is 2.80 bits per heavy atom. The molecule has 0 radical (unpaired) electrons. The molecule has 0 saturated carbocycles.